The molecule has 150 valence electrons. The molecule has 1 N–H and O–H groups in total. The molecule has 2 aliphatic heterocycles. The third kappa shape index (κ3) is 3.90. The Morgan fingerprint density at radius 2 is 2.11 bits per heavy atom. The van der Waals surface area contributed by atoms with Crippen LogP contribution in [0.3, 0.4) is 0 Å². The van der Waals surface area contributed by atoms with Gasteiger partial charge in [0.15, 0.2) is 0 Å². The molecule has 7 heteroatoms. The van der Waals surface area contributed by atoms with Gasteiger partial charge in [0.05, 0.1) is 7.11 Å². The number of hydrogen-bond donors (Lipinski definition) is 1. The molecule has 0 amide bonds. The van der Waals surface area contributed by atoms with E-state index in [1.54, 1.807) is 19.4 Å². The second-order valence-corrected chi connectivity index (χ2v) is 7.93. The molecule has 1 spiro atoms. The standard InChI is InChI=1S/C21H28FN5O/c1-23-19-6-9-24-20(25-19)27-11-8-21(15-27)7-3-10-26(14-21)13-16-12-17(28-2)4-5-18(16)22/h4-6,9,12H,3,7-8,10-11,13-15H2,1-2H3,(H,23,24,25)/t21-/m1/s1. The van der Waals surface area contributed by atoms with Gasteiger partial charge in [-0.15, -0.1) is 0 Å². The number of hydrogen-bond acceptors (Lipinski definition) is 6. The highest BCUT2D eigenvalue weighted by Gasteiger charge is 2.42. The number of piperidine rings is 1. The molecule has 0 aliphatic carbocycles. The topological polar surface area (TPSA) is 53.5 Å². The first kappa shape index (κ1) is 18.9. The van der Waals surface area contributed by atoms with Crippen LogP contribution in [0, 0.1) is 11.2 Å². The summed E-state index contributed by atoms with van der Waals surface area (Å²) in [7, 11) is 3.49. The van der Waals surface area contributed by atoms with Gasteiger partial charge in [0, 0.05) is 50.4 Å². The van der Waals surface area contributed by atoms with Crippen molar-refractivity contribution < 1.29 is 9.13 Å². The lowest BCUT2D eigenvalue weighted by Crippen LogP contribution is -2.44. The van der Waals surface area contributed by atoms with E-state index in [1.165, 1.54) is 12.5 Å². The maximum absolute atomic E-state index is 14.3. The van der Waals surface area contributed by atoms with Crippen molar-refractivity contribution in [3.63, 3.8) is 0 Å². The van der Waals surface area contributed by atoms with E-state index in [-0.39, 0.29) is 11.2 Å². The molecular formula is C21H28FN5O. The summed E-state index contributed by atoms with van der Waals surface area (Å²) in [6.07, 6.45) is 5.26. The number of methoxy groups -OCH3 is 1. The predicted octanol–water partition coefficient (Wildman–Crippen LogP) is 3.16. The number of benzene rings is 1. The lowest BCUT2D eigenvalue weighted by Gasteiger charge is -2.40. The van der Waals surface area contributed by atoms with Crippen LogP contribution in [0.4, 0.5) is 16.2 Å². The number of likely N-dealkylation sites (tertiary alicyclic amines) is 1. The van der Waals surface area contributed by atoms with Gasteiger partial charge < -0.3 is 15.0 Å². The Kier molecular flexibility index (Phi) is 5.35. The summed E-state index contributed by atoms with van der Waals surface area (Å²) in [6, 6.07) is 6.86. The number of halogens is 1. The van der Waals surface area contributed by atoms with Crippen molar-refractivity contribution in [3.8, 4) is 5.75 Å². The zero-order chi connectivity index (χ0) is 19.6. The largest absolute Gasteiger partial charge is 0.497 e. The van der Waals surface area contributed by atoms with E-state index >= 15 is 0 Å². The summed E-state index contributed by atoms with van der Waals surface area (Å²) in [5.41, 5.74) is 0.934. The Balaban J connectivity index is 1.45. The van der Waals surface area contributed by atoms with Crippen molar-refractivity contribution in [3.05, 3.63) is 41.8 Å². The summed E-state index contributed by atoms with van der Waals surface area (Å²) in [5.74, 6) is 2.17. The van der Waals surface area contributed by atoms with Crippen molar-refractivity contribution in [1.29, 1.82) is 0 Å². The molecule has 1 atom stereocenters. The average molecular weight is 385 g/mol. The molecule has 2 aliphatic rings. The lowest BCUT2D eigenvalue weighted by atomic mass is 9.79. The summed E-state index contributed by atoms with van der Waals surface area (Å²) in [5, 5.41) is 3.08. The maximum atomic E-state index is 14.3. The van der Waals surface area contributed by atoms with E-state index in [9.17, 15) is 4.39 Å². The van der Waals surface area contributed by atoms with E-state index in [0.29, 0.717) is 17.9 Å². The molecule has 2 aromatic rings. The number of ether oxygens (including phenoxy) is 1. The van der Waals surface area contributed by atoms with Crippen LogP contribution < -0.4 is 15.0 Å². The van der Waals surface area contributed by atoms with Crippen molar-refractivity contribution in [2.45, 2.75) is 25.8 Å². The van der Waals surface area contributed by atoms with Crippen molar-refractivity contribution in [2.75, 3.05) is 50.6 Å². The maximum Gasteiger partial charge on any atom is 0.227 e. The van der Waals surface area contributed by atoms with Crippen molar-refractivity contribution in [2.24, 2.45) is 5.41 Å². The zero-order valence-corrected chi connectivity index (χ0v) is 16.6. The number of nitrogens with one attached hydrogen (secondary N) is 1. The van der Waals surface area contributed by atoms with Crippen LogP contribution in [-0.2, 0) is 6.54 Å². The predicted molar refractivity (Wildman–Crippen MR) is 108 cm³/mol. The molecule has 4 rings (SSSR count). The minimum atomic E-state index is -0.161. The number of aromatic nitrogens is 2. The summed E-state index contributed by atoms with van der Waals surface area (Å²) >= 11 is 0. The molecule has 1 aromatic heterocycles. The molecule has 0 unspecified atom stereocenters. The second kappa shape index (κ2) is 7.91. The molecule has 0 bridgehead atoms. The van der Waals surface area contributed by atoms with Crippen LogP contribution in [0.25, 0.3) is 0 Å². The minimum absolute atomic E-state index is 0.161. The Morgan fingerprint density at radius 3 is 2.93 bits per heavy atom. The van der Waals surface area contributed by atoms with Gasteiger partial charge in [-0.05, 0) is 50.1 Å². The number of anilines is 2. The Bertz CT molecular complexity index is 832. The smallest absolute Gasteiger partial charge is 0.227 e. The molecule has 2 saturated heterocycles. The third-order valence-corrected chi connectivity index (χ3v) is 6.01. The average Bonchev–Trinajstić information content (AvgIpc) is 3.13. The molecule has 3 heterocycles. The van der Waals surface area contributed by atoms with Crippen LogP contribution in [-0.4, -0.2) is 55.2 Å². The Hall–Kier alpha value is -2.41. The first-order chi connectivity index (χ1) is 13.6. The minimum Gasteiger partial charge on any atom is -0.497 e. The molecular weight excluding hydrogens is 357 g/mol. The fourth-order valence-electron chi connectivity index (χ4n) is 4.56. The van der Waals surface area contributed by atoms with Gasteiger partial charge in [-0.25, -0.2) is 9.37 Å². The molecule has 28 heavy (non-hydrogen) atoms. The summed E-state index contributed by atoms with van der Waals surface area (Å²) in [6.45, 7) is 4.53. The van der Waals surface area contributed by atoms with E-state index < -0.39 is 0 Å². The van der Waals surface area contributed by atoms with Crippen molar-refractivity contribution in [1.82, 2.24) is 14.9 Å². The summed E-state index contributed by atoms with van der Waals surface area (Å²) in [4.78, 5) is 13.7. The first-order valence-corrected chi connectivity index (χ1v) is 9.91. The second-order valence-electron chi connectivity index (χ2n) is 7.93. The van der Waals surface area contributed by atoms with E-state index in [2.05, 4.69) is 25.1 Å². The lowest BCUT2D eigenvalue weighted by molar-refractivity contribution is 0.0981. The fraction of sp³-hybridized carbons (Fsp3) is 0.524. The molecule has 2 fully saturated rings. The molecule has 0 radical (unpaired) electrons. The molecule has 1 aromatic carbocycles. The highest BCUT2D eigenvalue weighted by Crippen LogP contribution is 2.40. The Labute approximate surface area is 165 Å². The van der Waals surface area contributed by atoms with E-state index in [4.69, 9.17) is 4.74 Å². The van der Waals surface area contributed by atoms with Crippen LogP contribution >= 0.6 is 0 Å². The van der Waals surface area contributed by atoms with Crippen LogP contribution in [0.15, 0.2) is 30.5 Å². The van der Waals surface area contributed by atoms with E-state index in [0.717, 1.165) is 50.8 Å². The monoisotopic (exact) mass is 385 g/mol. The quantitative estimate of drug-likeness (QED) is 0.853. The number of nitrogens with zero attached hydrogens (tertiary/aromatic N) is 4. The summed E-state index contributed by atoms with van der Waals surface area (Å²) < 4.78 is 19.5. The van der Waals surface area contributed by atoms with Gasteiger partial charge in [-0.1, -0.05) is 0 Å². The van der Waals surface area contributed by atoms with Crippen LogP contribution in [0.2, 0.25) is 0 Å². The van der Waals surface area contributed by atoms with Gasteiger partial charge in [-0.3, -0.25) is 4.90 Å². The highest BCUT2D eigenvalue weighted by molar-refractivity contribution is 5.42. The van der Waals surface area contributed by atoms with Gasteiger partial charge in [0.1, 0.15) is 17.4 Å². The van der Waals surface area contributed by atoms with Crippen molar-refractivity contribution >= 4 is 11.8 Å². The third-order valence-electron chi connectivity index (χ3n) is 6.01. The van der Waals surface area contributed by atoms with Crippen LogP contribution in [0.1, 0.15) is 24.8 Å². The Morgan fingerprint density at radius 1 is 1.21 bits per heavy atom. The van der Waals surface area contributed by atoms with Gasteiger partial charge >= 0.3 is 0 Å². The van der Waals surface area contributed by atoms with Gasteiger partial charge in [-0.2, -0.15) is 4.98 Å². The van der Waals surface area contributed by atoms with Gasteiger partial charge in [0.2, 0.25) is 5.95 Å². The number of rotatable bonds is 5. The van der Waals surface area contributed by atoms with Gasteiger partial charge in [0.25, 0.3) is 0 Å². The van der Waals surface area contributed by atoms with Crippen LogP contribution in [0.5, 0.6) is 5.75 Å². The van der Waals surface area contributed by atoms with E-state index in [1.807, 2.05) is 19.2 Å². The normalized spacial score (nSPS) is 22.6. The highest BCUT2D eigenvalue weighted by atomic mass is 19.1. The SMILES string of the molecule is CNc1ccnc(N2CC[C@@]3(CCCN(Cc4cc(OC)ccc4F)C3)C2)n1. The fourth-order valence-corrected chi connectivity index (χ4v) is 4.56. The molecule has 0 saturated carbocycles. The zero-order valence-electron chi connectivity index (χ0n) is 16.6. The molecule has 6 nitrogen and oxygen atoms in total. The first-order valence-electron chi connectivity index (χ1n) is 9.91.